The highest BCUT2D eigenvalue weighted by atomic mass is 28.4. The number of amides is 1. The Morgan fingerprint density at radius 2 is 1.53 bits per heavy atom. The van der Waals surface area contributed by atoms with Crippen LogP contribution in [0.25, 0.3) is 0 Å². The molecule has 178 valence electrons. The zero-order valence-corrected chi connectivity index (χ0v) is 23.1. The van der Waals surface area contributed by atoms with Crippen LogP contribution in [0.15, 0.2) is 0 Å². The van der Waals surface area contributed by atoms with Crippen LogP contribution in [0, 0.1) is 0 Å². The average molecular weight is 464 g/mol. The maximum Gasteiger partial charge on any atom is 0.217 e. The largest absolute Gasteiger partial charge is 0.414 e. The minimum Gasteiger partial charge on any atom is -0.414 e. The summed E-state index contributed by atoms with van der Waals surface area (Å²) in [5, 5.41) is 14.1. The summed E-state index contributed by atoms with van der Waals surface area (Å²) in [5.41, 5.74) is 0. The number of nitrogens with one attached hydrogen (secondary N) is 1. The van der Waals surface area contributed by atoms with E-state index in [1.165, 1.54) is 14.0 Å². The Morgan fingerprint density at radius 1 is 1.03 bits per heavy atom. The van der Waals surface area contributed by atoms with E-state index in [4.69, 9.17) is 18.3 Å². The van der Waals surface area contributed by atoms with Crippen LogP contribution in [0.1, 0.15) is 48.5 Å². The third-order valence-corrected chi connectivity index (χ3v) is 15.9. The topological polar surface area (TPSA) is 86.2 Å². The van der Waals surface area contributed by atoms with Crippen molar-refractivity contribution in [1.29, 1.82) is 0 Å². The van der Waals surface area contributed by atoms with Gasteiger partial charge in [0.25, 0.3) is 0 Å². The van der Waals surface area contributed by atoms with Crippen LogP contribution in [0.2, 0.25) is 36.3 Å². The van der Waals surface area contributed by atoms with Crippen molar-refractivity contribution in [2.75, 3.05) is 13.7 Å². The number of methoxy groups -OCH3 is 1. The summed E-state index contributed by atoms with van der Waals surface area (Å²) in [6.07, 6.45) is -2.95. The van der Waals surface area contributed by atoms with Gasteiger partial charge in [-0.15, -0.1) is 0 Å². The first kappa shape index (κ1) is 27.7. The molecule has 0 aliphatic carbocycles. The van der Waals surface area contributed by atoms with Gasteiger partial charge in [0.2, 0.25) is 5.91 Å². The van der Waals surface area contributed by atoms with E-state index in [1.807, 2.05) is 0 Å². The summed E-state index contributed by atoms with van der Waals surface area (Å²) in [4.78, 5) is 11.9. The van der Waals surface area contributed by atoms with Crippen molar-refractivity contribution < 1.29 is 28.2 Å². The Hall–Kier alpha value is -0.296. The van der Waals surface area contributed by atoms with Crippen LogP contribution in [0.3, 0.4) is 0 Å². The number of hydrogen-bond acceptors (Lipinski definition) is 6. The minimum atomic E-state index is -2.24. The molecule has 1 fully saturated rings. The normalized spacial score (nSPS) is 29.0. The van der Waals surface area contributed by atoms with Gasteiger partial charge in [-0.25, -0.2) is 0 Å². The minimum absolute atomic E-state index is 0.0447. The van der Waals surface area contributed by atoms with E-state index < -0.39 is 47.3 Å². The molecular formula is C21H45NO6Si2. The number of ether oxygens (including phenoxy) is 2. The molecular weight excluding hydrogens is 418 g/mol. The van der Waals surface area contributed by atoms with E-state index in [-0.39, 0.29) is 22.6 Å². The molecule has 7 nitrogen and oxygen atoms in total. The van der Waals surface area contributed by atoms with Crippen molar-refractivity contribution in [2.24, 2.45) is 0 Å². The number of hydrogen-bond donors (Lipinski definition) is 2. The number of carbonyl (C=O) groups is 1. The molecule has 0 bridgehead atoms. The SMILES string of the molecule is CO[C@@H]1O[C@H](CO[Si](C)(C)C(C)(C)C)[C@@H](O)[C@H](O[Si](C)(C)C(C)(C)C)[C@H]1NC(C)=O. The zero-order chi connectivity index (χ0) is 23.7. The second kappa shape index (κ2) is 9.68. The number of carbonyl (C=O) groups excluding carboxylic acids is 1. The molecule has 9 heteroatoms. The standard InChI is InChI=1S/C21H45NO6Si2/c1-14(23)22-16-18(28-30(11,12)21(5,6)7)17(24)15(27-19(16)25-8)13-26-29(9,10)20(2,3)4/h15-19,24H,13H2,1-12H3,(H,22,23)/t15-,16-,17-,18-,19-/m1/s1. The van der Waals surface area contributed by atoms with E-state index in [2.05, 4.69) is 73.0 Å². The lowest BCUT2D eigenvalue weighted by atomic mass is 9.97. The van der Waals surface area contributed by atoms with Crippen molar-refractivity contribution in [2.45, 2.75) is 115 Å². The molecule has 0 aromatic heterocycles. The van der Waals surface area contributed by atoms with Gasteiger partial charge in [0.1, 0.15) is 18.2 Å². The average Bonchev–Trinajstić information content (AvgIpc) is 2.54. The van der Waals surface area contributed by atoms with E-state index in [0.29, 0.717) is 0 Å². The highest BCUT2D eigenvalue weighted by Crippen LogP contribution is 2.40. The van der Waals surface area contributed by atoms with Crippen molar-refractivity contribution >= 4 is 22.5 Å². The van der Waals surface area contributed by atoms with Crippen LogP contribution in [-0.2, 0) is 23.1 Å². The third kappa shape index (κ3) is 6.60. The summed E-state index contributed by atoms with van der Waals surface area (Å²) in [7, 11) is -2.74. The fraction of sp³-hybridized carbons (Fsp3) is 0.952. The lowest BCUT2D eigenvalue weighted by Crippen LogP contribution is -2.67. The zero-order valence-electron chi connectivity index (χ0n) is 21.1. The summed E-state index contributed by atoms with van der Waals surface area (Å²) >= 11 is 0. The maximum atomic E-state index is 11.9. The fourth-order valence-electron chi connectivity index (χ4n) is 2.81. The molecule has 0 radical (unpaired) electrons. The Labute approximate surface area is 185 Å². The van der Waals surface area contributed by atoms with Crippen molar-refractivity contribution in [3.8, 4) is 0 Å². The predicted molar refractivity (Wildman–Crippen MR) is 125 cm³/mol. The summed E-state index contributed by atoms with van der Waals surface area (Å²) in [6, 6.07) is -0.610. The van der Waals surface area contributed by atoms with Crippen molar-refractivity contribution in [3.63, 3.8) is 0 Å². The molecule has 0 aromatic carbocycles. The second-order valence-electron chi connectivity index (χ2n) is 11.4. The quantitative estimate of drug-likeness (QED) is 0.561. The van der Waals surface area contributed by atoms with Crippen LogP contribution in [0.4, 0.5) is 0 Å². The molecule has 0 unspecified atom stereocenters. The maximum absolute atomic E-state index is 11.9. The van der Waals surface area contributed by atoms with Gasteiger partial charge >= 0.3 is 0 Å². The summed E-state index contributed by atoms with van der Waals surface area (Å²) < 4.78 is 24.5. The van der Waals surface area contributed by atoms with Gasteiger partial charge in [0.05, 0.1) is 12.7 Å². The third-order valence-electron chi connectivity index (χ3n) is 6.93. The smallest absolute Gasteiger partial charge is 0.217 e. The first-order chi connectivity index (χ1) is 13.3. The molecule has 0 aromatic rings. The van der Waals surface area contributed by atoms with Gasteiger partial charge < -0.3 is 28.7 Å². The highest BCUT2D eigenvalue weighted by molar-refractivity contribution is 6.74. The van der Waals surface area contributed by atoms with E-state index in [9.17, 15) is 9.90 Å². The van der Waals surface area contributed by atoms with Crippen LogP contribution in [0.5, 0.6) is 0 Å². The van der Waals surface area contributed by atoms with Gasteiger partial charge in [-0.3, -0.25) is 4.79 Å². The van der Waals surface area contributed by atoms with E-state index in [0.717, 1.165) is 0 Å². The Kier molecular flexibility index (Phi) is 8.95. The molecule has 1 aliphatic rings. The van der Waals surface area contributed by atoms with Crippen molar-refractivity contribution in [3.05, 3.63) is 0 Å². The van der Waals surface area contributed by atoms with Gasteiger partial charge in [0, 0.05) is 14.0 Å². The van der Waals surface area contributed by atoms with Crippen LogP contribution < -0.4 is 5.32 Å². The molecule has 0 spiro atoms. The molecule has 1 heterocycles. The molecule has 1 amide bonds. The lowest BCUT2D eigenvalue weighted by Gasteiger charge is -2.49. The van der Waals surface area contributed by atoms with Gasteiger partial charge in [-0.2, -0.15) is 0 Å². The van der Waals surface area contributed by atoms with Gasteiger partial charge in [-0.05, 0) is 36.3 Å². The lowest BCUT2D eigenvalue weighted by molar-refractivity contribution is -0.259. The molecule has 1 aliphatic heterocycles. The Balaban J connectivity index is 3.18. The highest BCUT2D eigenvalue weighted by Gasteiger charge is 2.51. The summed E-state index contributed by atoms with van der Waals surface area (Å²) in [5.74, 6) is -0.224. The molecule has 30 heavy (non-hydrogen) atoms. The first-order valence-electron chi connectivity index (χ1n) is 10.8. The van der Waals surface area contributed by atoms with Crippen LogP contribution in [-0.4, -0.2) is 72.0 Å². The number of aliphatic hydroxyl groups is 1. The Morgan fingerprint density at radius 3 is 1.93 bits per heavy atom. The molecule has 1 rings (SSSR count). The van der Waals surface area contributed by atoms with Crippen molar-refractivity contribution in [1.82, 2.24) is 5.32 Å². The first-order valence-corrected chi connectivity index (χ1v) is 16.6. The number of rotatable bonds is 7. The predicted octanol–water partition coefficient (Wildman–Crippen LogP) is 3.64. The molecule has 1 saturated heterocycles. The molecule has 0 saturated carbocycles. The Bertz CT molecular complexity index is 585. The van der Waals surface area contributed by atoms with Gasteiger partial charge in [-0.1, -0.05) is 41.5 Å². The van der Waals surface area contributed by atoms with E-state index >= 15 is 0 Å². The van der Waals surface area contributed by atoms with Crippen LogP contribution >= 0.6 is 0 Å². The van der Waals surface area contributed by atoms with E-state index in [1.54, 1.807) is 0 Å². The van der Waals surface area contributed by atoms with Gasteiger partial charge in [0.15, 0.2) is 22.9 Å². The molecule has 2 N–H and O–H groups in total. The monoisotopic (exact) mass is 463 g/mol. The number of aliphatic hydroxyl groups excluding tert-OH is 1. The summed E-state index contributed by atoms with van der Waals surface area (Å²) in [6.45, 7) is 23.2. The molecule has 5 atom stereocenters. The fourth-order valence-corrected chi connectivity index (χ4v) is 5.14. The second-order valence-corrected chi connectivity index (χ2v) is 21.0.